The van der Waals surface area contributed by atoms with Gasteiger partial charge in [-0.2, -0.15) is 0 Å². The molecule has 24 heavy (non-hydrogen) atoms. The van der Waals surface area contributed by atoms with E-state index in [2.05, 4.69) is 30.1 Å². The Bertz CT molecular complexity index is 946. The second-order valence-corrected chi connectivity index (χ2v) is 6.47. The highest BCUT2D eigenvalue weighted by molar-refractivity contribution is 6.14. The Morgan fingerprint density at radius 2 is 1.92 bits per heavy atom. The lowest BCUT2D eigenvalue weighted by Crippen LogP contribution is -2.36. The lowest BCUT2D eigenvalue weighted by Gasteiger charge is -2.31. The average Bonchev–Trinajstić information content (AvgIpc) is 2.60. The minimum atomic E-state index is 0.0759. The molecule has 0 atom stereocenters. The molecule has 1 amide bonds. The summed E-state index contributed by atoms with van der Waals surface area (Å²) in [5, 5.41) is 0.925. The number of aromatic nitrogens is 1. The van der Waals surface area contributed by atoms with Gasteiger partial charge in [0.05, 0.1) is 16.8 Å². The summed E-state index contributed by atoms with van der Waals surface area (Å²) in [7, 11) is 0. The van der Waals surface area contributed by atoms with Crippen molar-refractivity contribution in [3.05, 3.63) is 70.9 Å². The van der Waals surface area contributed by atoms with Gasteiger partial charge in [0.15, 0.2) is 0 Å². The largest absolute Gasteiger partial charge is 0.308 e. The number of carbonyl (C=O) groups is 1. The van der Waals surface area contributed by atoms with Gasteiger partial charge in [-0.1, -0.05) is 36.4 Å². The molecular weight excluding hydrogens is 296 g/mol. The maximum absolute atomic E-state index is 13.4. The van der Waals surface area contributed by atoms with E-state index < -0.39 is 0 Å². The fourth-order valence-electron chi connectivity index (χ4n) is 3.68. The van der Waals surface area contributed by atoms with Crippen LogP contribution in [-0.2, 0) is 6.42 Å². The third-order valence-electron chi connectivity index (χ3n) is 4.74. The molecular formula is C21H20N2O. The van der Waals surface area contributed by atoms with Gasteiger partial charge in [-0.15, -0.1) is 0 Å². The van der Waals surface area contributed by atoms with E-state index in [-0.39, 0.29) is 5.91 Å². The molecule has 1 aromatic heterocycles. The molecule has 0 bridgehead atoms. The molecule has 0 radical (unpaired) electrons. The third-order valence-corrected chi connectivity index (χ3v) is 4.74. The fraction of sp³-hybridized carbons (Fsp3) is 0.238. The SMILES string of the molecule is Cc1cc(C(=O)N2CCCc3cccc(C)c32)c2ccccc2n1. The maximum atomic E-state index is 13.4. The standard InChI is InChI=1S/C21H20N2O/c1-14-7-5-8-16-9-6-12-23(20(14)16)21(24)18-13-15(2)22-19-11-4-3-10-17(18)19/h3-5,7-8,10-11,13H,6,9,12H2,1-2H3. The number of para-hydroxylation sites is 2. The van der Waals surface area contributed by atoms with Gasteiger partial charge >= 0.3 is 0 Å². The highest BCUT2D eigenvalue weighted by atomic mass is 16.2. The number of nitrogens with zero attached hydrogens (tertiary/aromatic N) is 2. The van der Waals surface area contributed by atoms with E-state index in [1.54, 1.807) is 0 Å². The summed E-state index contributed by atoms with van der Waals surface area (Å²) in [4.78, 5) is 19.9. The maximum Gasteiger partial charge on any atom is 0.259 e. The van der Waals surface area contributed by atoms with E-state index in [0.29, 0.717) is 0 Å². The van der Waals surface area contributed by atoms with Crippen molar-refractivity contribution in [1.82, 2.24) is 4.98 Å². The summed E-state index contributed by atoms with van der Waals surface area (Å²) in [6.07, 6.45) is 2.04. The molecule has 3 nitrogen and oxygen atoms in total. The molecule has 0 N–H and O–H groups in total. The van der Waals surface area contributed by atoms with Crippen molar-refractivity contribution in [1.29, 1.82) is 0 Å². The predicted octanol–water partition coefficient (Wildman–Crippen LogP) is 4.44. The first-order chi connectivity index (χ1) is 11.6. The van der Waals surface area contributed by atoms with Crippen LogP contribution >= 0.6 is 0 Å². The number of aryl methyl sites for hydroxylation is 3. The van der Waals surface area contributed by atoms with E-state index in [1.165, 1.54) is 5.56 Å². The first-order valence-corrected chi connectivity index (χ1v) is 8.42. The highest BCUT2D eigenvalue weighted by Crippen LogP contribution is 2.32. The molecule has 1 aliphatic heterocycles. The summed E-state index contributed by atoms with van der Waals surface area (Å²) < 4.78 is 0. The summed E-state index contributed by atoms with van der Waals surface area (Å²) in [5.74, 6) is 0.0759. The molecule has 2 heterocycles. The lowest BCUT2D eigenvalue weighted by molar-refractivity contribution is 0.0986. The molecule has 0 fully saturated rings. The topological polar surface area (TPSA) is 33.2 Å². The van der Waals surface area contributed by atoms with Gasteiger partial charge in [0.1, 0.15) is 0 Å². The minimum absolute atomic E-state index is 0.0759. The Morgan fingerprint density at radius 1 is 1.08 bits per heavy atom. The molecule has 120 valence electrons. The Hall–Kier alpha value is -2.68. The van der Waals surface area contributed by atoms with Crippen LogP contribution in [0.15, 0.2) is 48.5 Å². The summed E-state index contributed by atoms with van der Waals surface area (Å²) in [6, 6.07) is 16.1. The van der Waals surface area contributed by atoms with E-state index in [4.69, 9.17) is 0 Å². The number of carbonyl (C=O) groups excluding carboxylic acids is 1. The van der Waals surface area contributed by atoms with Crippen LogP contribution in [-0.4, -0.2) is 17.4 Å². The van der Waals surface area contributed by atoms with Gasteiger partial charge in [0.2, 0.25) is 0 Å². The quantitative estimate of drug-likeness (QED) is 0.665. The first-order valence-electron chi connectivity index (χ1n) is 8.42. The van der Waals surface area contributed by atoms with E-state index in [9.17, 15) is 4.79 Å². The Balaban J connectivity index is 1.87. The minimum Gasteiger partial charge on any atom is -0.308 e. The van der Waals surface area contributed by atoms with Gasteiger partial charge in [0, 0.05) is 17.6 Å². The van der Waals surface area contributed by atoms with Crippen molar-refractivity contribution in [2.45, 2.75) is 26.7 Å². The molecule has 0 spiro atoms. The molecule has 3 heteroatoms. The second-order valence-electron chi connectivity index (χ2n) is 6.47. The van der Waals surface area contributed by atoms with Crippen LogP contribution in [0, 0.1) is 13.8 Å². The van der Waals surface area contributed by atoms with Crippen molar-refractivity contribution in [2.75, 3.05) is 11.4 Å². The normalized spacial score (nSPS) is 13.8. The molecule has 2 aromatic carbocycles. The molecule has 0 aliphatic carbocycles. The van der Waals surface area contributed by atoms with Crippen LogP contribution in [0.3, 0.4) is 0 Å². The molecule has 4 rings (SSSR count). The summed E-state index contributed by atoms with van der Waals surface area (Å²) >= 11 is 0. The molecule has 0 unspecified atom stereocenters. The van der Waals surface area contributed by atoms with Gasteiger partial charge in [-0.05, 0) is 49.9 Å². The Labute approximate surface area is 141 Å². The predicted molar refractivity (Wildman–Crippen MR) is 97.7 cm³/mol. The number of benzene rings is 2. The first kappa shape index (κ1) is 14.9. The van der Waals surface area contributed by atoms with Gasteiger partial charge in [-0.3, -0.25) is 9.78 Å². The smallest absolute Gasteiger partial charge is 0.259 e. The van der Waals surface area contributed by atoms with E-state index in [0.717, 1.165) is 52.8 Å². The Morgan fingerprint density at radius 3 is 2.79 bits per heavy atom. The number of amides is 1. The van der Waals surface area contributed by atoms with Crippen LogP contribution < -0.4 is 4.90 Å². The number of hydrogen-bond acceptors (Lipinski definition) is 2. The van der Waals surface area contributed by atoms with Crippen molar-refractivity contribution >= 4 is 22.5 Å². The van der Waals surface area contributed by atoms with Crippen molar-refractivity contribution in [3.63, 3.8) is 0 Å². The molecule has 1 aliphatic rings. The molecule has 3 aromatic rings. The fourth-order valence-corrected chi connectivity index (χ4v) is 3.68. The van der Waals surface area contributed by atoms with Crippen LogP contribution in [0.25, 0.3) is 10.9 Å². The summed E-state index contributed by atoms with van der Waals surface area (Å²) in [6.45, 7) is 4.80. The van der Waals surface area contributed by atoms with Crippen LogP contribution in [0.1, 0.15) is 33.6 Å². The lowest BCUT2D eigenvalue weighted by atomic mass is 9.97. The zero-order chi connectivity index (χ0) is 16.7. The van der Waals surface area contributed by atoms with Crippen molar-refractivity contribution in [2.24, 2.45) is 0 Å². The Kier molecular flexibility index (Phi) is 3.57. The van der Waals surface area contributed by atoms with Gasteiger partial charge < -0.3 is 4.90 Å². The monoisotopic (exact) mass is 316 g/mol. The van der Waals surface area contributed by atoms with Crippen LogP contribution in [0.4, 0.5) is 5.69 Å². The highest BCUT2D eigenvalue weighted by Gasteiger charge is 2.26. The van der Waals surface area contributed by atoms with Crippen molar-refractivity contribution in [3.8, 4) is 0 Å². The van der Waals surface area contributed by atoms with E-state index in [1.807, 2.05) is 42.2 Å². The van der Waals surface area contributed by atoms with E-state index >= 15 is 0 Å². The third kappa shape index (κ3) is 2.37. The van der Waals surface area contributed by atoms with Crippen LogP contribution in [0.2, 0.25) is 0 Å². The number of rotatable bonds is 1. The van der Waals surface area contributed by atoms with Gasteiger partial charge in [-0.25, -0.2) is 0 Å². The molecule has 0 saturated carbocycles. The zero-order valence-electron chi connectivity index (χ0n) is 14.0. The number of hydrogen-bond donors (Lipinski definition) is 0. The average molecular weight is 316 g/mol. The molecule has 0 saturated heterocycles. The second kappa shape index (κ2) is 5.75. The number of anilines is 1. The van der Waals surface area contributed by atoms with Crippen LogP contribution in [0.5, 0.6) is 0 Å². The van der Waals surface area contributed by atoms with Crippen molar-refractivity contribution < 1.29 is 4.79 Å². The number of pyridine rings is 1. The number of fused-ring (bicyclic) bond motifs is 2. The summed E-state index contributed by atoms with van der Waals surface area (Å²) in [5.41, 5.74) is 6.02. The van der Waals surface area contributed by atoms with Gasteiger partial charge in [0.25, 0.3) is 5.91 Å². The zero-order valence-corrected chi connectivity index (χ0v) is 14.0.